The number of aryl methyl sites for hydroxylation is 2. The summed E-state index contributed by atoms with van der Waals surface area (Å²) in [5, 5.41) is 0.526. The average molecular weight is 277 g/mol. The molecule has 1 unspecified atom stereocenters. The van der Waals surface area contributed by atoms with Crippen molar-refractivity contribution in [1.29, 1.82) is 0 Å². The van der Waals surface area contributed by atoms with E-state index in [2.05, 4.69) is 48.8 Å². The molecule has 19 heavy (non-hydrogen) atoms. The van der Waals surface area contributed by atoms with E-state index in [4.69, 9.17) is 18.0 Å². The van der Waals surface area contributed by atoms with Crippen LogP contribution < -0.4 is 5.73 Å². The minimum atomic E-state index is 0.452. The van der Waals surface area contributed by atoms with E-state index < -0.39 is 0 Å². The van der Waals surface area contributed by atoms with Crippen molar-refractivity contribution in [2.75, 3.05) is 26.2 Å². The van der Waals surface area contributed by atoms with Crippen molar-refractivity contribution < 1.29 is 0 Å². The van der Waals surface area contributed by atoms with Crippen LogP contribution in [0.15, 0.2) is 18.2 Å². The van der Waals surface area contributed by atoms with Crippen LogP contribution in [0.2, 0.25) is 0 Å². The molecular weight excluding hydrogens is 254 g/mol. The molecule has 0 spiro atoms. The van der Waals surface area contributed by atoms with Crippen LogP contribution in [0.5, 0.6) is 0 Å². The van der Waals surface area contributed by atoms with Crippen LogP contribution in [0.25, 0.3) is 0 Å². The molecule has 1 heterocycles. The molecule has 1 aromatic rings. The van der Waals surface area contributed by atoms with E-state index in [0.717, 1.165) is 26.2 Å². The van der Waals surface area contributed by atoms with Gasteiger partial charge in [0.2, 0.25) is 0 Å². The fraction of sp³-hybridized carbons (Fsp3) is 0.533. The van der Waals surface area contributed by atoms with Gasteiger partial charge in [-0.2, -0.15) is 0 Å². The molecule has 1 aromatic carbocycles. The molecule has 0 aromatic heterocycles. The smallest absolute Gasteiger partial charge is 0.166 e. The zero-order chi connectivity index (χ0) is 14.0. The summed E-state index contributed by atoms with van der Waals surface area (Å²) in [7, 11) is 0. The summed E-state index contributed by atoms with van der Waals surface area (Å²) < 4.78 is 0. The van der Waals surface area contributed by atoms with E-state index in [-0.39, 0.29) is 0 Å². The summed E-state index contributed by atoms with van der Waals surface area (Å²) in [6.45, 7) is 10.5. The Kier molecular flexibility index (Phi) is 4.42. The lowest BCUT2D eigenvalue weighted by atomic mass is 10.0. The van der Waals surface area contributed by atoms with Gasteiger partial charge in [-0.1, -0.05) is 18.2 Å². The Hall–Kier alpha value is -1.13. The molecule has 2 N–H and O–H groups in total. The zero-order valence-electron chi connectivity index (χ0n) is 12.0. The maximum Gasteiger partial charge on any atom is 0.166 e. The van der Waals surface area contributed by atoms with Crippen LogP contribution in [0.3, 0.4) is 0 Å². The molecule has 1 atom stereocenters. The summed E-state index contributed by atoms with van der Waals surface area (Å²) in [6, 6.07) is 7.21. The van der Waals surface area contributed by atoms with Crippen LogP contribution in [0.1, 0.15) is 29.7 Å². The molecular formula is C15H23N3S. The molecule has 2 rings (SSSR count). The highest BCUT2D eigenvalue weighted by molar-refractivity contribution is 7.80. The van der Waals surface area contributed by atoms with Crippen LogP contribution in [-0.4, -0.2) is 41.1 Å². The number of piperazine rings is 1. The highest BCUT2D eigenvalue weighted by Crippen LogP contribution is 2.23. The Bertz CT molecular complexity index is 464. The molecule has 0 saturated carbocycles. The molecule has 0 radical (unpaired) electrons. The Morgan fingerprint density at radius 1 is 1.16 bits per heavy atom. The Labute approximate surface area is 121 Å². The first-order valence-electron chi connectivity index (χ1n) is 6.84. The first-order valence-corrected chi connectivity index (χ1v) is 7.25. The molecule has 104 valence electrons. The molecule has 1 aliphatic rings. The fourth-order valence-corrected chi connectivity index (χ4v) is 2.75. The second kappa shape index (κ2) is 5.88. The Morgan fingerprint density at radius 3 is 2.32 bits per heavy atom. The second-order valence-corrected chi connectivity index (χ2v) is 5.80. The first-order chi connectivity index (χ1) is 8.99. The summed E-state index contributed by atoms with van der Waals surface area (Å²) in [5.41, 5.74) is 9.79. The van der Waals surface area contributed by atoms with Crippen molar-refractivity contribution in [2.24, 2.45) is 5.73 Å². The number of thiocarbonyl (C=S) groups is 1. The Balaban J connectivity index is 2.02. The highest BCUT2D eigenvalue weighted by Gasteiger charge is 2.22. The molecule has 0 aliphatic carbocycles. The lowest BCUT2D eigenvalue weighted by Crippen LogP contribution is -2.50. The predicted molar refractivity (Wildman–Crippen MR) is 84.3 cm³/mol. The van der Waals surface area contributed by atoms with Crippen molar-refractivity contribution in [1.82, 2.24) is 9.80 Å². The number of hydrogen-bond acceptors (Lipinski definition) is 2. The van der Waals surface area contributed by atoms with Crippen molar-refractivity contribution in [3.05, 3.63) is 34.9 Å². The van der Waals surface area contributed by atoms with Gasteiger partial charge in [-0.25, -0.2) is 0 Å². The molecule has 3 nitrogen and oxygen atoms in total. The van der Waals surface area contributed by atoms with Gasteiger partial charge >= 0.3 is 0 Å². The van der Waals surface area contributed by atoms with E-state index in [0.29, 0.717) is 11.2 Å². The SMILES string of the molecule is Cc1ccc(C(C)N2CCN(C(N)=S)CC2)cc1C. The van der Waals surface area contributed by atoms with E-state index in [1.807, 2.05) is 0 Å². The average Bonchev–Trinajstić information content (AvgIpc) is 2.41. The predicted octanol–water partition coefficient (Wildman–Crippen LogP) is 2.23. The van der Waals surface area contributed by atoms with Gasteiger partial charge in [0, 0.05) is 32.2 Å². The van der Waals surface area contributed by atoms with Gasteiger partial charge < -0.3 is 10.6 Å². The van der Waals surface area contributed by atoms with Crippen molar-refractivity contribution in [3.8, 4) is 0 Å². The monoisotopic (exact) mass is 277 g/mol. The van der Waals surface area contributed by atoms with Crippen LogP contribution in [0.4, 0.5) is 0 Å². The fourth-order valence-electron chi connectivity index (χ4n) is 2.56. The summed E-state index contributed by atoms with van der Waals surface area (Å²) in [6.07, 6.45) is 0. The number of benzene rings is 1. The van der Waals surface area contributed by atoms with Gasteiger partial charge in [0.15, 0.2) is 5.11 Å². The van der Waals surface area contributed by atoms with Gasteiger partial charge in [-0.05, 0) is 49.7 Å². The first kappa shape index (κ1) is 14.3. The van der Waals surface area contributed by atoms with E-state index in [1.54, 1.807) is 0 Å². The molecule has 1 saturated heterocycles. The number of nitrogens with zero attached hydrogens (tertiary/aromatic N) is 2. The van der Waals surface area contributed by atoms with Crippen LogP contribution >= 0.6 is 12.2 Å². The number of hydrogen-bond donors (Lipinski definition) is 1. The number of nitrogens with two attached hydrogens (primary N) is 1. The zero-order valence-corrected chi connectivity index (χ0v) is 12.8. The minimum absolute atomic E-state index is 0.452. The molecule has 1 fully saturated rings. The van der Waals surface area contributed by atoms with Crippen LogP contribution in [0, 0.1) is 13.8 Å². The lowest BCUT2D eigenvalue weighted by molar-refractivity contribution is 0.141. The normalized spacial score (nSPS) is 18.4. The van der Waals surface area contributed by atoms with Gasteiger partial charge in [0.1, 0.15) is 0 Å². The molecule has 0 bridgehead atoms. The standard InChI is InChI=1S/C15H23N3S/c1-11-4-5-14(10-12(11)2)13(3)17-6-8-18(9-7-17)15(16)19/h4-5,10,13H,6-9H2,1-3H3,(H2,16,19). The lowest BCUT2D eigenvalue weighted by Gasteiger charge is -2.38. The largest absolute Gasteiger partial charge is 0.376 e. The summed E-state index contributed by atoms with van der Waals surface area (Å²) in [5.74, 6) is 0. The topological polar surface area (TPSA) is 32.5 Å². The van der Waals surface area contributed by atoms with Gasteiger partial charge in [-0.3, -0.25) is 4.90 Å². The molecule has 1 aliphatic heterocycles. The van der Waals surface area contributed by atoms with Gasteiger partial charge in [0.05, 0.1) is 0 Å². The van der Waals surface area contributed by atoms with E-state index in [9.17, 15) is 0 Å². The Morgan fingerprint density at radius 2 is 1.79 bits per heavy atom. The second-order valence-electron chi connectivity index (χ2n) is 5.38. The number of rotatable bonds is 2. The third kappa shape index (κ3) is 3.25. The molecule has 4 heteroatoms. The minimum Gasteiger partial charge on any atom is -0.376 e. The summed E-state index contributed by atoms with van der Waals surface area (Å²) in [4.78, 5) is 4.58. The van der Waals surface area contributed by atoms with Gasteiger partial charge in [0.25, 0.3) is 0 Å². The summed E-state index contributed by atoms with van der Waals surface area (Å²) >= 11 is 5.03. The quantitative estimate of drug-likeness (QED) is 0.840. The van der Waals surface area contributed by atoms with Crippen LogP contribution in [-0.2, 0) is 0 Å². The van der Waals surface area contributed by atoms with Crippen molar-refractivity contribution >= 4 is 17.3 Å². The van der Waals surface area contributed by atoms with Crippen molar-refractivity contribution in [2.45, 2.75) is 26.8 Å². The van der Waals surface area contributed by atoms with Gasteiger partial charge in [-0.15, -0.1) is 0 Å². The maximum absolute atomic E-state index is 5.68. The third-order valence-corrected chi connectivity index (χ3v) is 4.45. The molecule has 0 amide bonds. The maximum atomic E-state index is 5.68. The highest BCUT2D eigenvalue weighted by atomic mass is 32.1. The van der Waals surface area contributed by atoms with Crippen molar-refractivity contribution in [3.63, 3.8) is 0 Å². The third-order valence-electron chi connectivity index (χ3n) is 4.19. The van der Waals surface area contributed by atoms with E-state index in [1.165, 1.54) is 16.7 Å². The van der Waals surface area contributed by atoms with E-state index >= 15 is 0 Å².